The molecule has 0 saturated heterocycles. The lowest BCUT2D eigenvalue weighted by atomic mass is 10.3. The Balaban J connectivity index is 0.000000487. The normalized spacial score (nSPS) is 9.06. The van der Waals surface area contributed by atoms with Crippen molar-refractivity contribution >= 4 is 52.1 Å². The minimum atomic E-state index is -1.50. The molecule has 0 atom stereocenters. The molecule has 0 radical (unpaired) electrons. The van der Waals surface area contributed by atoms with Crippen LogP contribution >= 0.6 is 46.4 Å². The van der Waals surface area contributed by atoms with Crippen LogP contribution in [-0.4, -0.2) is 10.3 Å². The molecular formula is C6H5Cl4N3O3. The van der Waals surface area contributed by atoms with Crippen molar-refractivity contribution in [3.8, 4) is 0 Å². The molecular weight excluding hydrogens is 304 g/mol. The van der Waals surface area contributed by atoms with Gasteiger partial charge < -0.3 is 10.6 Å². The summed E-state index contributed by atoms with van der Waals surface area (Å²) in [5, 5.41) is 14.7. The Morgan fingerprint density at radius 3 is 2.06 bits per heavy atom. The molecule has 0 spiro atoms. The lowest BCUT2D eigenvalue weighted by Crippen LogP contribution is -2.07. The molecule has 1 aromatic carbocycles. The quantitative estimate of drug-likeness (QED) is 0.243. The van der Waals surface area contributed by atoms with Crippen molar-refractivity contribution in [2.75, 3.05) is 5.43 Å². The second-order valence-electron chi connectivity index (χ2n) is 2.23. The molecule has 10 heteroatoms. The number of halogens is 4. The zero-order valence-electron chi connectivity index (χ0n) is 7.38. The largest absolute Gasteiger partial charge is 0.328 e. The van der Waals surface area contributed by atoms with Crippen molar-refractivity contribution < 1.29 is 10.3 Å². The molecule has 4 N–H and O–H groups in total. The van der Waals surface area contributed by atoms with E-state index in [0.29, 0.717) is 15.7 Å². The van der Waals surface area contributed by atoms with Gasteiger partial charge in [-0.25, -0.2) is 0 Å². The second-order valence-corrected chi connectivity index (χ2v) is 3.80. The Morgan fingerprint density at radius 1 is 1.25 bits per heavy atom. The lowest BCUT2D eigenvalue weighted by Gasteiger charge is -2.08. The standard InChI is InChI=1S/C6H4Cl4N2.HNO3/c7-2-1-3(8)6(12-11)5(10)4(2)9;2-1(3)4/h1,12H,11H2;(H,2,3,4). The van der Waals surface area contributed by atoms with Gasteiger partial charge in [-0.3, -0.25) is 5.84 Å². The van der Waals surface area contributed by atoms with Gasteiger partial charge in [0.25, 0.3) is 5.09 Å². The van der Waals surface area contributed by atoms with E-state index in [1.54, 1.807) is 0 Å². The van der Waals surface area contributed by atoms with Crippen molar-refractivity contribution in [1.82, 2.24) is 0 Å². The topological polar surface area (TPSA) is 101 Å². The van der Waals surface area contributed by atoms with Crippen LogP contribution < -0.4 is 11.3 Å². The van der Waals surface area contributed by atoms with E-state index in [2.05, 4.69) is 5.43 Å². The first kappa shape index (κ1) is 15.3. The van der Waals surface area contributed by atoms with Crippen molar-refractivity contribution in [2.24, 2.45) is 5.84 Å². The van der Waals surface area contributed by atoms with Gasteiger partial charge >= 0.3 is 0 Å². The van der Waals surface area contributed by atoms with Crippen molar-refractivity contribution in [3.05, 3.63) is 36.3 Å². The molecule has 16 heavy (non-hydrogen) atoms. The molecule has 0 bridgehead atoms. The predicted octanol–water partition coefficient (Wildman–Crippen LogP) is 3.24. The molecule has 0 unspecified atom stereocenters. The Morgan fingerprint density at radius 2 is 1.69 bits per heavy atom. The first-order chi connectivity index (χ1) is 7.31. The Bertz CT molecular complexity index is 397. The van der Waals surface area contributed by atoms with Crippen LogP contribution in [-0.2, 0) is 0 Å². The minimum Gasteiger partial charge on any atom is -0.328 e. The van der Waals surface area contributed by atoms with Crippen molar-refractivity contribution in [3.63, 3.8) is 0 Å². The fourth-order valence-corrected chi connectivity index (χ4v) is 1.72. The van der Waals surface area contributed by atoms with Gasteiger partial charge in [-0.1, -0.05) is 46.4 Å². The van der Waals surface area contributed by atoms with E-state index in [1.807, 2.05) is 0 Å². The van der Waals surface area contributed by atoms with Gasteiger partial charge in [0.1, 0.15) is 0 Å². The number of nitrogens with two attached hydrogens (primary N) is 1. The third kappa shape index (κ3) is 4.46. The van der Waals surface area contributed by atoms with Crippen molar-refractivity contribution in [1.29, 1.82) is 0 Å². The zero-order valence-corrected chi connectivity index (χ0v) is 10.4. The highest BCUT2D eigenvalue weighted by Crippen LogP contribution is 2.40. The molecule has 0 fully saturated rings. The number of rotatable bonds is 1. The molecule has 90 valence electrons. The number of anilines is 1. The molecule has 0 aliphatic carbocycles. The van der Waals surface area contributed by atoms with E-state index in [0.717, 1.165) is 0 Å². The van der Waals surface area contributed by atoms with Gasteiger partial charge in [-0.05, 0) is 6.07 Å². The van der Waals surface area contributed by atoms with Gasteiger partial charge in [-0.15, -0.1) is 10.1 Å². The number of hydrogen-bond donors (Lipinski definition) is 3. The molecule has 0 aliphatic heterocycles. The highest BCUT2D eigenvalue weighted by molar-refractivity contribution is 6.51. The molecule has 1 rings (SSSR count). The first-order valence-corrected chi connectivity index (χ1v) is 4.95. The van der Waals surface area contributed by atoms with Crippen molar-refractivity contribution in [2.45, 2.75) is 0 Å². The molecule has 0 amide bonds. The van der Waals surface area contributed by atoms with E-state index >= 15 is 0 Å². The van der Waals surface area contributed by atoms with Gasteiger partial charge in [0.2, 0.25) is 0 Å². The highest BCUT2D eigenvalue weighted by Gasteiger charge is 2.12. The maximum absolute atomic E-state index is 8.36. The van der Waals surface area contributed by atoms with E-state index in [1.165, 1.54) is 6.07 Å². The van der Waals surface area contributed by atoms with Crippen LogP contribution in [0.25, 0.3) is 0 Å². The SMILES string of the molecule is NNc1c(Cl)cc(Cl)c(Cl)c1Cl.O=[N+]([O-])O. The third-order valence-corrected chi connectivity index (χ3v) is 2.82. The molecule has 6 nitrogen and oxygen atoms in total. The smallest absolute Gasteiger partial charge is 0.291 e. The maximum Gasteiger partial charge on any atom is 0.291 e. The zero-order chi connectivity index (χ0) is 12.9. The van der Waals surface area contributed by atoms with Gasteiger partial charge in [0, 0.05) is 0 Å². The van der Waals surface area contributed by atoms with Crippen LogP contribution in [0, 0.1) is 10.1 Å². The number of hydrazine groups is 1. The number of nitrogens with zero attached hydrogens (tertiary/aromatic N) is 1. The first-order valence-electron chi connectivity index (χ1n) is 3.44. The molecule has 0 saturated carbocycles. The minimum absolute atomic E-state index is 0.219. The summed E-state index contributed by atoms with van der Waals surface area (Å²) in [6.45, 7) is 0. The predicted molar refractivity (Wildman–Crippen MR) is 63.1 cm³/mol. The van der Waals surface area contributed by atoms with E-state index in [-0.39, 0.29) is 10.0 Å². The van der Waals surface area contributed by atoms with Crippen LogP contribution in [0.5, 0.6) is 0 Å². The van der Waals surface area contributed by atoms with E-state index < -0.39 is 5.09 Å². The molecule has 0 heterocycles. The summed E-state index contributed by atoms with van der Waals surface area (Å²) < 4.78 is 0. The lowest BCUT2D eigenvalue weighted by molar-refractivity contribution is -0.742. The summed E-state index contributed by atoms with van der Waals surface area (Å²) >= 11 is 22.9. The molecule has 0 aliphatic rings. The van der Waals surface area contributed by atoms with E-state index in [9.17, 15) is 0 Å². The Hall–Kier alpha value is -0.660. The van der Waals surface area contributed by atoms with Gasteiger partial charge in [0.05, 0.1) is 25.8 Å². The second kappa shape index (κ2) is 6.82. The van der Waals surface area contributed by atoms with Crippen LogP contribution in [0.4, 0.5) is 5.69 Å². The number of hydrogen-bond acceptors (Lipinski definition) is 4. The van der Waals surface area contributed by atoms with Gasteiger partial charge in [0.15, 0.2) is 0 Å². The summed E-state index contributed by atoms with van der Waals surface area (Å²) in [4.78, 5) is 8.36. The van der Waals surface area contributed by atoms with Crippen LogP contribution in [0.3, 0.4) is 0 Å². The number of benzene rings is 1. The van der Waals surface area contributed by atoms with E-state index in [4.69, 9.17) is 67.6 Å². The molecule has 0 aromatic heterocycles. The van der Waals surface area contributed by atoms with Crippen LogP contribution in [0.2, 0.25) is 20.1 Å². The summed E-state index contributed by atoms with van der Waals surface area (Å²) in [5.74, 6) is 5.15. The summed E-state index contributed by atoms with van der Waals surface area (Å²) in [5.41, 5.74) is 2.69. The monoisotopic (exact) mass is 307 g/mol. The summed E-state index contributed by atoms with van der Waals surface area (Å²) in [7, 11) is 0. The average molecular weight is 309 g/mol. The average Bonchev–Trinajstić information content (AvgIpc) is 2.14. The van der Waals surface area contributed by atoms with Gasteiger partial charge in [-0.2, -0.15) is 0 Å². The maximum atomic E-state index is 8.36. The van der Waals surface area contributed by atoms with Crippen LogP contribution in [0.1, 0.15) is 0 Å². The Labute approximate surface area is 110 Å². The third-order valence-electron chi connectivity index (χ3n) is 1.26. The molecule has 1 aromatic rings. The van der Waals surface area contributed by atoms with Crippen LogP contribution in [0.15, 0.2) is 6.07 Å². The fraction of sp³-hybridized carbons (Fsp3) is 0. The number of nitrogens with one attached hydrogen (secondary N) is 1. The summed E-state index contributed by atoms with van der Waals surface area (Å²) in [6, 6.07) is 1.46. The Kier molecular flexibility index (Phi) is 6.54. The number of nitrogen functional groups attached to an aromatic ring is 1. The highest BCUT2D eigenvalue weighted by atomic mass is 35.5. The fourth-order valence-electron chi connectivity index (χ4n) is 0.699. The summed E-state index contributed by atoms with van der Waals surface area (Å²) in [6.07, 6.45) is 0.